The molecule has 0 unspecified atom stereocenters. The van der Waals surface area contributed by atoms with E-state index < -0.39 is 11.9 Å². The van der Waals surface area contributed by atoms with Gasteiger partial charge in [-0.1, -0.05) is 0 Å². The van der Waals surface area contributed by atoms with Crippen molar-refractivity contribution >= 4 is 35.0 Å². The average Bonchev–Trinajstić information content (AvgIpc) is 3.04. The van der Waals surface area contributed by atoms with Gasteiger partial charge >= 0.3 is 11.9 Å². The zero-order valence-corrected chi connectivity index (χ0v) is 25.0. The zero-order chi connectivity index (χ0) is 32.9. The minimum Gasteiger partial charge on any atom is -0.497 e. The molecule has 1 amide bonds. The summed E-state index contributed by atoms with van der Waals surface area (Å²) in [5, 5.41) is 15.6. The third-order valence-electron chi connectivity index (χ3n) is 7.18. The van der Waals surface area contributed by atoms with Crippen LogP contribution in [0.25, 0.3) is 0 Å². The summed E-state index contributed by atoms with van der Waals surface area (Å²) in [6, 6.07) is 17.9. The van der Waals surface area contributed by atoms with Crippen LogP contribution in [0.1, 0.15) is 33.6 Å². The number of carbonyl (C=O) groups is 4. The lowest BCUT2D eigenvalue weighted by Gasteiger charge is -2.33. The molecule has 0 spiro atoms. The monoisotopic (exact) mass is 621 g/mol. The van der Waals surface area contributed by atoms with Crippen LogP contribution in [-0.2, 0) is 9.59 Å². The Hall–Kier alpha value is -5.23. The predicted molar refractivity (Wildman–Crippen MR) is 166 cm³/mol. The lowest BCUT2D eigenvalue weighted by molar-refractivity contribution is -0.134. The topological polar surface area (TPSA) is 160 Å². The molecule has 4 rings (SSSR count). The SMILES string of the molecule is COc1ccc(OC)c(N(CCN2CCC(C(=O)c3ccc(F)cc3)CC2)C(=O)c2ccc(N)cc2)c1.O=C(O)C=CC(=O)O. The predicted octanol–water partition coefficient (Wildman–Crippen LogP) is 4.38. The lowest BCUT2D eigenvalue weighted by atomic mass is 9.89. The van der Waals surface area contributed by atoms with Gasteiger partial charge in [0.15, 0.2) is 5.78 Å². The zero-order valence-electron chi connectivity index (χ0n) is 25.0. The van der Waals surface area contributed by atoms with Crippen molar-refractivity contribution in [2.45, 2.75) is 12.8 Å². The van der Waals surface area contributed by atoms with E-state index in [0.29, 0.717) is 72.1 Å². The Morgan fingerprint density at radius 2 is 1.47 bits per heavy atom. The second kappa shape index (κ2) is 16.6. The number of rotatable bonds is 11. The van der Waals surface area contributed by atoms with Gasteiger partial charge in [-0.15, -0.1) is 0 Å². The van der Waals surface area contributed by atoms with Gasteiger partial charge in [0.05, 0.1) is 19.9 Å². The van der Waals surface area contributed by atoms with Crippen LogP contribution in [0, 0.1) is 11.7 Å². The Labute approximate surface area is 260 Å². The standard InChI is InChI=1S/C29H32FN3O4.C4H4O4/c1-36-25-11-12-27(37-2)26(19-25)33(29(35)22-5-9-24(31)10-6-22)18-17-32-15-13-21(14-16-32)28(34)20-3-7-23(30)8-4-20;5-3(6)1-2-4(7)8/h3-12,19,21H,13-18,31H2,1-2H3;1-2H,(H,5,6)(H,7,8). The number of nitrogens with zero attached hydrogens (tertiary/aromatic N) is 2. The highest BCUT2D eigenvalue weighted by Gasteiger charge is 2.28. The number of piperidine rings is 1. The number of carbonyl (C=O) groups excluding carboxylic acids is 2. The molecule has 0 aromatic heterocycles. The van der Waals surface area contributed by atoms with Gasteiger partial charge in [0.25, 0.3) is 5.91 Å². The van der Waals surface area contributed by atoms with E-state index in [-0.39, 0.29) is 23.4 Å². The maximum absolute atomic E-state index is 13.6. The fourth-order valence-corrected chi connectivity index (χ4v) is 4.77. The average molecular weight is 622 g/mol. The summed E-state index contributed by atoms with van der Waals surface area (Å²) in [4.78, 5) is 49.5. The van der Waals surface area contributed by atoms with Crippen LogP contribution in [0.3, 0.4) is 0 Å². The first kappa shape index (κ1) is 34.3. The maximum atomic E-state index is 13.6. The number of ether oxygens (including phenoxy) is 2. The Balaban J connectivity index is 0.000000610. The number of nitrogen functional groups attached to an aromatic ring is 1. The molecule has 0 radical (unpaired) electrons. The van der Waals surface area contributed by atoms with E-state index in [1.165, 1.54) is 12.1 Å². The molecule has 3 aromatic rings. The first-order valence-corrected chi connectivity index (χ1v) is 14.1. The van der Waals surface area contributed by atoms with Crippen molar-refractivity contribution in [3.8, 4) is 11.5 Å². The third-order valence-corrected chi connectivity index (χ3v) is 7.18. The van der Waals surface area contributed by atoms with Crippen LogP contribution in [0.2, 0.25) is 0 Å². The molecular weight excluding hydrogens is 585 g/mol. The number of nitrogens with two attached hydrogens (primary N) is 1. The number of anilines is 2. The molecular formula is C33H36FN3O8. The Morgan fingerprint density at radius 1 is 0.889 bits per heavy atom. The Bertz CT molecular complexity index is 1490. The molecule has 238 valence electrons. The van der Waals surface area contributed by atoms with E-state index in [2.05, 4.69) is 4.90 Å². The van der Waals surface area contributed by atoms with Crippen molar-refractivity contribution in [2.75, 3.05) is 51.0 Å². The van der Waals surface area contributed by atoms with Gasteiger partial charge in [-0.3, -0.25) is 9.59 Å². The van der Waals surface area contributed by atoms with E-state index >= 15 is 0 Å². The maximum Gasteiger partial charge on any atom is 0.328 e. The molecule has 0 saturated carbocycles. The second-order valence-electron chi connectivity index (χ2n) is 10.1. The fraction of sp³-hybridized carbons (Fsp3) is 0.273. The summed E-state index contributed by atoms with van der Waals surface area (Å²) in [5.74, 6) is -1.89. The molecule has 45 heavy (non-hydrogen) atoms. The van der Waals surface area contributed by atoms with Gasteiger partial charge < -0.3 is 35.2 Å². The first-order valence-electron chi connectivity index (χ1n) is 14.1. The molecule has 3 aromatic carbocycles. The highest BCUT2D eigenvalue weighted by atomic mass is 19.1. The minimum absolute atomic E-state index is 0.0564. The first-order chi connectivity index (χ1) is 21.5. The molecule has 0 atom stereocenters. The molecule has 1 saturated heterocycles. The number of halogens is 1. The van der Waals surface area contributed by atoms with Crippen molar-refractivity contribution in [3.63, 3.8) is 0 Å². The normalized spacial score (nSPS) is 13.4. The summed E-state index contributed by atoms with van der Waals surface area (Å²) in [6.07, 6.45) is 2.54. The van der Waals surface area contributed by atoms with Crippen molar-refractivity contribution < 1.29 is 43.3 Å². The van der Waals surface area contributed by atoms with E-state index in [1.54, 1.807) is 73.7 Å². The lowest BCUT2D eigenvalue weighted by Crippen LogP contribution is -2.43. The van der Waals surface area contributed by atoms with E-state index in [0.717, 1.165) is 13.1 Å². The molecule has 0 bridgehead atoms. The van der Waals surface area contributed by atoms with Gasteiger partial charge in [-0.25, -0.2) is 14.0 Å². The number of amides is 1. The summed E-state index contributed by atoms with van der Waals surface area (Å²) in [6.45, 7) is 2.51. The van der Waals surface area contributed by atoms with E-state index in [9.17, 15) is 23.6 Å². The van der Waals surface area contributed by atoms with Crippen LogP contribution in [-0.4, -0.2) is 79.1 Å². The Kier molecular flexibility index (Phi) is 12.6. The molecule has 12 heteroatoms. The van der Waals surface area contributed by atoms with Crippen molar-refractivity contribution in [1.82, 2.24) is 4.90 Å². The number of carboxylic acid groups (broad SMARTS) is 2. The number of benzene rings is 3. The number of methoxy groups -OCH3 is 2. The van der Waals surface area contributed by atoms with E-state index in [1.807, 2.05) is 0 Å². The van der Waals surface area contributed by atoms with Gasteiger partial charge in [-0.05, 0) is 86.6 Å². The number of likely N-dealkylation sites (tertiary alicyclic amines) is 1. The Morgan fingerprint density at radius 3 is 2.00 bits per heavy atom. The summed E-state index contributed by atoms with van der Waals surface area (Å²) in [7, 11) is 3.15. The van der Waals surface area contributed by atoms with Crippen LogP contribution in [0.5, 0.6) is 11.5 Å². The molecule has 1 aliphatic rings. The van der Waals surface area contributed by atoms with Crippen LogP contribution < -0.4 is 20.1 Å². The number of hydrogen-bond donors (Lipinski definition) is 3. The number of aliphatic carboxylic acids is 2. The highest BCUT2D eigenvalue weighted by Crippen LogP contribution is 2.33. The number of ketones is 1. The van der Waals surface area contributed by atoms with Gasteiger partial charge in [0.2, 0.25) is 0 Å². The van der Waals surface area contributed by atoms with Gasteiger partial charge in [0.1, 0.15) is 17.3 Å². The molecule has 0 aliphatic carbocycles. The molecule has 1 aliphatic heterocycles. The van der Waals surface area contributed by atoms with Gasteiger partial charge in [0, 0.05) is 54.0 Å². The number of hydrogen-bond acceptors (Lipinski definition) is 8. The quantitative estimate of drug-likeness (QED) is 0.159. The van der Waals surface area contributed by atoms with Crippen molar-refractivity contribution in [1.29, 1.82) is 0 Å². The number of carboxylic acids is 2. The number of Topliss-reactive ketones (excluding diaryl/α,β-unsaturated/α-hetero) is 1. The summed E-state index contributed by atoms with van der Waals surface area (Å²) < 4.78 is 24.2. The van der Waals surface area contributed by atoms with Crippen LogP contribution in [0.15, 0.2) is 78.9 Å². The van der Waals surface area contributed by atoms with Crippen molar-refractivity contribution in [3.05, 3.63) is 95.8 Å². The second-order valence-corrected chi connectivity index (χ2v) is 10.1. The van der Waals surface area contributed by atoms with Crippen LogP contribution in [0.4, 0.5) is 15.8 Å². The van der Waals surface area contributed by atoms with Crippen LogP contribution >= 0.6 is 0 Å². The minimum atomic E-state index is -1.26. The molecule has 1 fully saturated rings. The van der Waals surface area contributed by atoms with Crippen molar-refractivity contribution in [2.24, 2.45) is 5.92 Å². The summed E-state index contributed by atoms with van der Waals surface area (Å²) in [5.41, 5.74) is 8.08. The molecule has 1 heterocycles. The van der Waals surface area contributed by atoms with E-state index in [4.69, 9.17) is 25.4 Å². The largest absolute Gasteiger partial charge is 0.497 e. The molecule has 11 nitrogen and oxygen atoms in total. The fourth-order valence-electron chi connectivity index (χ4n) is 4.77. The molecule has 4 N–H and O–H groups in total. The third kappa shape index (κ3) is 10.2. The van der Waals surface area contributed by atoms with Gasteiger partial charge in [-0.2, -0.15) is 0 Å². The smallest absolute Gasteiger partial charge is 0.328 e. The highest BCUT2D eigenvalue weighted by molar-refractivity contribution is 6.07. The summed E-state index contributed by atoms with van der Waals surface area (Å²) >= 11 is 0.